The van der Waals surface area contributed by atoms with Crippen LogP contribution in [0, 0.1) is 0 Å². The van der Waals surface area contributed by atoms with Gasteiger partial charge in [0.25, 0.3) is 0 Å². The Bertz CT molecular complexity index is 797. The molecule has 106 valence electrons. The molecule has 0 spiro atoms. The number of hydrogen-bond donors (Lipinski definition) is 0. The molecule has 2 aromatic carbocycles. The van der Waals surface area contributed by atoms with Crippen molar-refractivity contribution < 1.29 is 9.53 Å². The number of rotatable bonds is 2. The van der Waals surface area contributed by atoms with Gasteiger partial charge in [-0.05, 0) is 23.8 Å². The number of fused-ring (bicyclic) bond motifs is 1. The van der Waals surface area contributed by atoms with Gasteiger partial charge in [-0.3, -0.25) is 4.57 Å². The van der Waals surface area contributed by atoms with Crippen molar-refractivity contribution in [2.24, 2.45) is 0 Å². The third-order valence-electron chi connectivity index (χ3n) is 3.13. The van der Waals surface area contributed by atoms with Crippen LogP contribution in [0.5, 0.6) is 0 Å². The van der Waals surface area contributed by atoms with Crippen LogP contribution in [-0.2, 0) is 11.3 Å². The van der Waals surface area contributed by atoms with Gasteiger partial charge in [0.1, 0.15) is 6.61 Å². The first-order valence-corrected chi connectivity index (χ1v) is 7.08. The Kier molecular flexibility index (Phi) is 3.86. The number of carbonyl (C=O) groups is 1. The fourth-order valence-corrected chi connectivity index (χ4v) is 2.41. The number of aromatic nitrogens is 1. The standard InChI is InChI=1S/C16H11Cl2NO2/c17-13-8-12-6-7-19(15(12)9-14(13)18)16(20)21-10-11-4-2-1-3-5-11/h1-9H,10H2. The van der Waals surface area contributed by atoms with E-state index in [1.54, 1.807) is 24.4 Å². The average molecular weight is 320 g/mol. The molecular weight excluding hydrogens is 309 g/mol. The fraction of sp³-hybridized carbons (Fsp3) is 0.0625. The molecule has 0 saturated heterocycles. The van der Waals surface area contributed by atoms with E-state index >= 15 is 0 Å². The van der Waals surface area contributed by atoms with Crippen molar-refractivity contribution in [3.8, 4) is 0 Å². The molecule has 0 bridgehead atoms. The first-order valence-electron chi connectivity index (χ1n) is 6.32. The van der Waals surface area contributed by atoms with Crippen molar-refractivity contribution >= 4 is 40.2 Å². The van der Waals surface area contributed by atoms with Crippen molar-refractivity contribution in [2.45, 2.75) is 6.61 Å². The van der Waals surface area contributed by atoms with Gasteiger partial charge in [-0.25, -0.2) is 4.79 Å². The normalized spacial score (nSPS) is 10.8. The van der Waals surface area contributed by atoms with E-state index in [1.165, 1.54) is 4.57 Å². The van der Waals surface area contributed by atoms with Crippen LogP contribution in [0.3, 0.4) is 0 Å². The lowest BCUT2D eigenvalue weighted by molar-refractivity contribution is 0.142. The van der Waals surface area contributed by atoms with E-state index in [1.807, 2.05) is 30.3 Å². The summed E-state index contributed by atoms with van der Waals surface area (Å²) in [7, 11) is 0. The summed E-state index contributed by atoms with van der Waals surface area (Å²) < 4.78 is 6.72. The maximum atomic E-state index is 12.2. The molecule has 3 rings (SSSR count). The summed E-state index contributed by atoms with van der Waals surface area (Å²) in [4.78, 5) is 12.2. The van der Waals surface area contributed by atoms with E-state index in [4.69, 9.17) is 27.9 Å². The summed E-state index contributed by atoms with van der Waals surface area (Å²) in [6.07, 6.45) is 1.19. The first kappa shape index (κ1) is 14.0. The lowest BCUT2D eigenvalue weighted by Crippen LogP contribution is -2.12. The van der Waals surface area contributed by atoms with E-state index in [9.17, 15) is 4.79 Å². The lowest BCUT2D eigenvalue weighted by atomic mass is 10.2. The van der Waals surface area contributed by atoms with Gasteiger partial charge in [-0.15, -0.1) is 0 Å². The molecule has 0 radical (unpaired) electrons. The largest absolute Gasteiger partial charge is 0.444 e. The van der Waals surface area contributed by atoms with E-state index in [2.05, 4.69) is 0 Å². The van der Waals surface area contributed by atoms with Crippen molar-refractivity contribution in [2.75, 3.05) is 0 Å². The second kappa shape index (κ2) is 5.80. The van der Waals surface area contributed by atoms with Gasteiger partial charge >= 0.3 is 6.09 Å². The summed E-state index contributed by atoms with van der Waals surface area (Å²) in [5, 5.41) is 1.70. The van der Waals surface area contributed by atoms with Crippen molar-refractivity contribution in [3.63, 3.8) is 0 Å². The van der Waals surface area contributed by atoms with E-state index < -0.39 is 6.09 Å². The average Bonchev–Trinajstić information content (AvgIpc) is 2.89. The predicted molar refractivity (Wildman–Crippen MR) is 84.0 cm³/mol. The Balaban J connectivity index is 1.83. The summed E-state index contributed by atoms with van der Waals surface area (Å²) in [5.41, 5.74) is 1.60. The number of halogens is 2. The van der Waals surface area contributed by atoms with Crippen LogP contribution in [0.4, 0.5) is 4.79 Å². The van der Waals surface area contributed by atoms with Crippen molar-refractivity contribution in [1.82, 2.24) is 4.57 Å². The van der Waals surface area contributed by atoms with Gasteiger partial charge in [0.15, 0.2) is 0 Å². The Morgan fingerprint density at radius 3 is 2.52 bits per heavy atom. The van der Waals surface area contributed by atoms with E-state index in [-0.39, 0.29) is 6.61 Å². The van der Waals surface area contributed by atoms with Crippen LogP contribution < -0.4 is 0 Å². The minimum atomic E-state index is -0.452. The molecule has 3 aromatic rings. The Morgan fingerprint density at radius 2 is 1.76 bits per heavy atom. The highest BCUT2D eigenvalue weighted by molar-refractivity contribution is 6.42. The monoisotopic (exact) mass is 319 g/mol. The molecule has 0 N–H and O–H groups in total. The molecule has 0 aliphatic heterocycles. The number of benzene rings is 2. The van der Waals surface area contributed by atoms with Gasteiger partial charge in [-0.2, -0.15) is 0 Å². The molecule has 1 aromatic heterocycles. The smallest absolute Gasteiger partial charge is 0.418 e. The zero-order valence-corrected chi connectivity index (χ0v) is 12.4. The predicted octanol–water partition coefficient (Wildman–Crippen LogP) is 5.13. The maximum absolute atomic E-state index is 12.2. The maximum Gasteiger partial charge on any atom is 0.418 e. The van der Waals surface area contributed by atoms with Crippen molar-refractivity contribution in [1.29, 1.82) is 0 Å². The number of ether oxygens (including phenoxy) is 1. The van der Waals surface area contributed by atoms with Gasteiger partial charge in [0.2, 0.25) is 0 Å². The van der Waals surface area contributed by atoms with Gasteiger partial charge in [-0.1, -0.05) is 53.5 Å². The summed E-state index contributed by atoms with van der Waals surface area (Å²) in [6.45, 7) is 0.223. The SMILES string of the molecule is O=C(OCc1ccccc1)n1ccc2cc(Cl)c(Cl)cc21. The van der Waals surface area contributed by atoms with Crippen LogP contribution in [-0.4, -0.2) is 10.7 Å². The van der Waals surface area contributed by atoms with Crippen LogP contribution >= 0.6 is 23.2 Å². The topological polar surface area (TPSA) is 31.2 Å². The van der Waals surface area contributed by atoms with Crippen LogP contribution in [0.2, 0.25) is 10.0 Å². The van der Waals surface area contributed by atoms with Crippen molar-refractivity contribution in [3.05, 3.63) is 70.3 Å². The van der Waals surface area contributed by atoms with Gasteiger partial charge in [0.05, 0.1) is 15.6 Å². The quantitative estimate of drug-likeness (QED) is 0.655. The second-order valence-corrected chi connectivity index (χ2v) is 5.37. The van der Waals surface area contributed by atoms with Crippen LogP contribution in [0.1, 0.15) is 5.56 Å². The van der Waals surface area contributed by atoms with Crippen LogP contribution in [0.15, 0.2) is 54.7 Å². The van der Waals surface area contributed by atoms with Crippen LogP contribution in [0.25, 0.3) is 10.9 Å². The summed E-state index contributed by atoms with van der Waals surface area (Å²) in [5.74, 6) is 0. The minimum Gasteiger partial charge on any atom is -0.444 e. The lowest BCUT2D eigenvalue weighted by Gasteiger charge is -2.07. The van der Waals surface area contributed by atoms with Gasteiger partial charge < -0.3 is 4.74 Å². The summed E-state index contributed by atoms with van der Waals surface area (Å²) >= 11 is 12.0. The molecule has 0 fully saturated rings. The molecular formula is C16H11Cl2NO2. The molecule has 5 heteroatoms. The highest BCUT2D eigenvalue weighted by Crippen LogP contribution is 2.28. The van der Waals surface area contributed by atoms with E-state index in [0.29, 0.717) is 15.6 Å². The molecule has 0 amide bonds. The Morgan fingerprint density at radius 1 is 1.05 bits per heavy atom. The van der Waals surface area contributed by atoms with Gasteiger partial charge in [0, 0.05) is 11.6 Å². The second-order valence-electron chi connectivity index (χ2n) is 4.55. The molecule has 1 heterocycles. The highest BCUT2D eigenvalue weighted by Gasteiger charge is 2.12. The molecule has 0 saturated carbocycles. The number of hydrogen-bond acceptors (Lipinski definition) is 2. The zero-order valence-electron chi connectivity index (χ0n) is 10.9. The Hall–Kier alpha value is -1.97. The third kappa shape index (κ3) is 2.89. The summed E-state index contributed by atoms with van der Waals surface area (Å²) in [6, 6.07) is 14.7. The molecule has 3 nitrogen and oxygen atoms in total. The molecule has 0 atom stereocenters. The minimum absolute atomic E-state index is 0.223. The Labute approximate surface area is 131 Å². The molecule has 21 heavy (non-hydrogen) atoms. The highest BCUT2D eigenvalue weighted by atomic mass is 35.5. The molecule has 0 aliphatic carbocycles. The first-order chi connectivity index (χ1) is 10.1. The molecule has 0 unspecified atom stereocenters. The number of carbonyl (C=O) groups excluding carboxylic acids is 1. The fourth-order valence-electron chi connectivity index (χ4n) is 2.08. The molecule has 0 aliphatic rings. The van der Waals surface area contributed by atoms with E-state index in [0.717, 1.165) is 10.9 Å². The third-order valence-corrected chi connectivity index (χ3v) is 3.86. The number of nitrogens with zero attached hydrogens (tertiary/aromatic N) is 1. The zero-order chi connectivity index (χ0) is 14.8.